The number of unbranched alkanes of at least 4 members (excludes halogenated alkanes) is 1. The Hall–Kier alpha value is -1.25. The van der Waals surface area contributed by atoms with Crippen LogP contribution >= 0.6 is 24.0 Å². The van der Waals surface area contributed by atoms with Gasteiger partial charge >= 0.3 is 5.97 Å². The zero-order valence-corrected chi connectivity index (χ0v) is 14.9. The normalized spacial score (nSPS) is 10.7. The first-order chi connectivity index (χ1) is 9.76. The van der Waals surface area contributed by atoms with E-state index in [1.54, 1.807) is 13.3 Å². The molecule has 1 rings (SSSR count). The van der Waals surface area contributed by atoms with Crippen molar-refractivity contribution in [1.82, 2.24) is 10.6 Å². The number of nitrogens with zero attached hydrogens (tertiary/aromatic N) is 1. The second-order valence-electron chi connectivity index (χ2n) is 4.29. The van der Waals surface area contributed by atoms with Crippen molar-refractivity contribution in [3.63, 3.8) is 0 Å². The topological polar surface area (TPSA) is 75.9 Å². The van der Waals surface area contributed by atoms with E-state index in [1.165, 1.54) is 7.11 Å². The van der Waals surface area contributed by atoms with E-state index in [0.29, 0.717) is 6.42 Å². The van der Waals surface area contributed by atoms with Crippen molar-refractivity contribution in [2.45, 2.75) is 25.7 Å². The zero-order chi connectivity index (χ0) is 14.6. The molecule has 120 valence electrons. The fraction of sp³-hybridized carbons (Fsp3) is 0.571. The van der Waals surface area contributed by atoms with Crippen molar-refractivity contribution < 1.29 is 13.9 Å². The van der Waals surface area contributed by atoms with E-state index in [9.17, 15) is 4.79 Å². The average molecular weight is 409 g/mol. The average Bonchev–Trinajstić information content (AvgIpc) is 2.98. The number of rotatable bonds is 8. The van der Waals surface area contributed by atoms with Gasteiger partial charge in [-0.2, -0.15) is 0 Å². The van der Waals surface area contributed by atoms with Gasteiger partial charge in [0.2, 0.25) is 0 Å². The van der Waals surface area contributed by atoms with Gasteiger partial charge in [-0.1, -0.05) is 0 Å². The van der Waals surface area contributed by atoms with Gasteiger partial charge in [-0.15, -0.1) is 24.0 Å². The van der Waals surface area contributed by atoms with E-state index in [2.05, 4.69) is 20.4 Å². The van der Waals surface area contributed by atoms with Crippen LogP contribution in [0.5, 0.6) is 0 Å². The number of esters is 1. The summed E-state index contributed by atoms with van der Waals surface area (Å²) in [6, 6.07) is 3.83. The third-order valence-corrected chi connectivity index (χ3v) is 2.80. The SMILES string of the molecule is CN=C(NCCCCC(=O)OC)NCCc1ccco1.I. The molecule has 0 saturated heterocycles. The number of halogens is 1. The first kappa shape index (κ1) is 19.8. The van der Waals surface area contributed by atoms with Crippen LogP contribution < -0.4 is 10.6 Å². The Morgan fingerprint density at radius 1 is 1.33 bits per heavy atom. The fourth-order valence-electron chi connectivity index (χ4n) is 1.68. The highest BCUT2D eigenvalue weighted by Gasteiger charge is 2.01. The standard InChI is InChI=1S/C14H23N3O3.HI/c1-15-14(16-9-4-3-7-13(18)19-2)17-10-8-12-6-5-11-20-12;/h5-6,11H,3-4,7-10H2,1-2H3,(H2,15,16,17);1H. The molecule has 0 aliphatic rings. The van der Waals surface area contributed by atoms with Gasteiger partial charge in [0.1, 0.15) is 5.76 Å². The molecule has 0 spiro atoms. The number of methoxy groups -OCH3 is 1. The summed E-state index contributed by atoms with van der Waals surface area (Å²) < 4.78 is 9.83. The predicted octanol–water partition coefficient (Wildman–Crippen LogP) is 1.95. The molecule has 2 N–H and O–H groups in total. The van der Waals surface area contributed by atoms with Crippen molar-refractivity contribution in [2.24, 2.45) is 4.99 Å². The van der Waals surface area contributed by atoms with E-state index in [1.807, 2.05) is 12.1 Å². The number of guanidine groups is 1. The Balaban J connectivity index is 0.00000400. The molecule has 0 saturated carbocycles. The Morgan fingerprint density at radius 2 is 2.10 bits per heavy atom. The monoisotopic (exact) mass is 409 g/mol. The Kier molecular flexibility index (Phi) is 11.7. The van der Waals surface area contributed by atoms with Gasteiger partial charge in [0.15, 0.2) is 5.96 Å². The maximum absolute atomic E-state index is 10.9. The molecule has 1 aromatic heterocycles. The summed E-state index contributed by atoms with van der Waals surface area (Å²) in [5, 5.41) is 6.40. The number of furan rings is 1. The van der Waals surface area contributed by atoms with Crippen molar-refractivity contribution >= 4 is 35.9 Å². The van der Waals surface area contributed by atoms with E-state index >= 15 is 0 Å². The molecule has 0 unspecified atom stereocenters. The second kappa shape index (κ2) is 12.5. The van der Waals surface area contributed by atoms with Crippen LogP contribution in [0.25, 0.3) is 0 Å². The van der Waals surface area contributed by atoms with E-state index in [0.717, 1.165) is 44.1 Å². The maximum atomic E-state index is 10.9. The minimum Gasteiger partial charge on any atom is -0.469 e. The first-order valence-electron chi connectivity index (χ1n) is 6.80. The smallest absolute Gasteiger partial charge is 0.305 e. The predicted molar refractivity (Wildman–Crippen MR) is 93.1 cm³/mol. The lowest BCUT2D eigenvalue weighted by Gasteiger charge is -2.11. The molecule has 0 bridgehead atoms. The number of nitrogens with one attached hydrogen (secondary N) is 2. The van der Waals surface area contributed by atoms with Crippen LogP contribution in [0.1, 0.15) is 25.0 Å². The molecule has 0 atom stereocenters. The Morgan fingerprint density at radius 3 is 2.71 bits per heavy atom. The minimum atomic E-state index is -0.161. The fourth-order valence-corrected chi connectivity index (χ4v) is 1.68. The summed E-state index contributed by atoms with van der Waals surface area (Å²) in [5.41, 5.74) is 0. The molecule has 1 heterocycles. The molecule has 0 fully saturated rings. The van der Waals surface area contributed by atoms with Crippen molar-refractivity contribution in [3.05, 3.63) is 24.2 Å². The molecule has 0 aromatic carbocycles. The van der Waals surface area contributed by atoms with Crippen LogP contribution in [0, 0.1) is 0 Å². The number of aliphatic imine (C=N–C) groups is 1. The summed E-state index contributed by atoms with van der Waals surface area (Å²) in [4.78, 5) is 15.1. The lowest BCUT2D eigenvalue weighted by molar-refractivity contribution is -0.140. The third-order valence-electron chi connectivity index (χ3n) is 2.80. The van der Waals surface area contributed by atoms with Crippen molar-refractivity contribution in [2.75, 3.05) is 27.2 Å². The van der Waals surface area contributed by atoms with Crippen LogP contribution in [0.4, 0.5) is 0 Å². The molecule has 6 nitrogen and oxygen atoms in total. The third kappa shape index (κ3) is 9.33. The molecule has 0 aliphatic heterocycles. The van der Waals surface area contributed by atoms with E-state index in [-0.39, 0.29) is 29.9 Å². The molecule has 21 heavy (non-hydrogen) atoms. The summed E-state index contributed by atoms with van der Waals surface area (Å²) in [7, 11) is 3.14. The van der Waals surface area contributed by atoms with Crippen molar-refractivity contribution in [1.29, 1.82) is 0 Å². The van der Waals surface area contributed by atoms with Crippen LogP contribution in [0.15, 0.2) is 27.8 Å². The highest BCUT2D eigenvalue weighted by molar-refractivity contribution is 14.0. The highest BCUT2D eigenvalue weighted by Crippen LogP contribution is 1.99. The number of hydrogen-bond acceptors (Lipinski definition) is 4. The lowest BCUT2D eigenvalue weighted by atomic mass is 10.2. The van der Waals surface area contributed by atoms with Crippen LogP contribution in [0.2, 0.25) is 0 Å². The van der Waals surface area contributed by atoms with Gasteiger partial charge in [-0.3, -0.25) is 9.79 Å². The summed E-state index contributed by atoms with van der Waals surface area (Å²) >= 11 is 0. The Labute approximate surface area is 142 Å². The summed E-state index contributed by atoms with van der Waals surface area (Å²) in [5.74, 6) is 1.55. The molecule has 0 radical (unpaired) electrons. The van der Waals surface area contributed by atoms with Crippen LogP contribution in [-0.2, 0) is 16.0 Å². The molecular weight excluding hydrogens is 385 g/mol. The number of carbonyl (C=O) groups excluding carboxylic acids is 1. The molecule has 0 aliphatic carbocycles. The van der Waals surface area contributed by atoms with Gasteiger partial charge in [0, 0.05) is 33.0 Å². The minimum absolute atomic E-state index is 0. The van der Waals surface area contributed by atoms with Gasteiger partial charge in [0.05, 0.1) is 13.4 Å². The van der Waals surface area contributed by atoms with E-state index in [4.69, 9.17) is 4.42 Å². The highest BCUT2D eigenvalue weighted by atomic mass is 127. The maximum Gasteiger partial charge on any atom is 0.305 e. The zero-order valence-electron chi connectivity index (χ0n) is 12.6. The number of hydrogen-bond donors (Lipinski definition) is 2. The summed E-state index contributed by atoms with van der Waals surface area (Å²) in [6.07, 6.45) is 4.65. The quantitative estimate of drug-likeness (QED) is 0.226. The van der Waals surface area contributed by atoms with Gasteiger partial charge in [0.25, 0.3) is 0 Å². The van der Waals surface area contributed by atoms with Gasteiger partial charge in [-0.05, 0) is 25.0 Å². The van der Waals surface area contributed by atoms with Crippen molar-refractivity contribution in [3.8, 4) is 0 Å². The van der Waals surface area contributed by atoms with Gasteiger partial charge < -0.3 is 19.8 Å². The number of carbonyl (C=O) groups is 1. The van der Waals surface area contributed by atoms with E-state index < -0.39 is 0 Å². The lowest BCUT2D eigenvalue weighted by Crippen LogP contribution is -2.38. The molecule has 1 aromatic rings. The van der Waals surface area contributed by atoms with Crippen LogP contribution in [-0.4, -0.2) is 39.2 Å². The largest absolute Gasteiger partial charge is 0.469 e. The summed E-state index contributed by atoms with van der Waals surface area (Å²) in [6.45, 7) is 1.53. The number of ether oxygens (including phenoxy) is 1. The molecular formula is C14H24IN3O3. The molecule has 0 amide bonds. The van der Waals surface area contributed by atoms with Crippen LogP contribution in [0.3, 0.4) is 0 Å². The molecule has 7 heteroatoms. The Bertz CT molecular complexity index is 408. The second-order valence-corrected chi connectivity index (χ2v) is 4.29. The van der Waals surface area contributed by atoms with Gasteiger partial charge in [-0.25, -0.2) is 0 Å². The first-order valence-corrected chi connectivity index (χ1v) is 6.80.